The molecule has 2 N–H and O–H groups in total. The van der Waals surface area contributed by atoms with Crippen molar-refractivity contribution in [2.24, 2.45) is 0 Å². The van der Waals surface area contributed by atoms with Gasteiger partial charge in [-0.2, -0.15) is 10.2 Å². The number of morpholine rings is 1. The summed E-state index contributed by atoms with van der Waals surface area (Å²) >= 11 is 6.15. The van der Waals surface area contributed by atoms with Gasteiger partial charge < -0.3 is 19.4 Å². The number of benzene rings is 1. The molecule has 23 heavy (non-hydrogen) atoms. The molecule has 1 aliphatic rings. The summed E-state index contributed by atoms with van der Waals surface area (Å²) in [7, 11) is 0. The highest BCUT2D eigenvalue weighted by Gasteiger charge is 2.17. The molecule has 0 spiro atoms. The topological polar surface area (TPSA) is 75.5 Å². The van der Waals surface area contributed by atoms with E-state index in [1.807, 2.05) is 18.2 Å². The predicted octanol–water partition coefficient (Wildman–Crippen LogP) is 1.19. The van der Waals surface area contributed by atoms with E-state index in [1.54, 1.807) is 6.07 Å². The molecule has 1 aliphatic heterocycles. The van der Waals surface area contributed by atoms with Gasteiger partial charge in [-0.05, 0) is 12.1 Å². The summed E-state index contributed by atoms with van der Waals surface area (Å²) in [4.78, 5) is 5.70. The second kappa shape index (κ2) is 7.47. The smallest absolute Gasteiger partial charge is 0.232 e. The van der Waals surface area contributed by atoms with Crippen molar-refractivity contribution >= 4 is 17.5 Å². The predicted molar refractivity (Wildman–Crippen MR) is 86.5 cm³/mol. The number of rotatable bonds is 5. The number of nitriles is 1. The van der Waals surface area contributed by atoms with E-state index < -0.39 is 0 Å². The van der Waals surface area contributed by atoms with Crippen LogP contribution in [-0.4, -0.2) is 44.4 Å². The molecule has 1 fully saturated rings. The molecule has 6 nitrogen and oxygen atoms in total. The second-order valence-electron chi connectivity index (χ2n) is 5.33. The van der Waals surface area contributed by atoms with Gasteiger partial charge in [0.25, 0.3) is 0 Å². The first kappa shape index (κ1) is 15.8. The average Bonchev–Trinajstić information content (AvgIpc) is 2.99. The van der Waals surface area contributed by atoms with Crippen molar-refractivity contribution < 1.29 is 14.1 Å². The minimum absolute atomic E-state index is 0.247. The first-order valence-electron chi connectivity index (χ1n) is 7.59. The first-order valence-corrected chi connectivity index (χ1v) is 7.96. The molecule has 0 radical (unpaired) electrons. The molecular formula is C16H18ClN4O2+. The lowest BCUT2D eigenvalue weighted by molar-refractivity contribution is -0.906. The molecule has 120 valence electrons. The van der Waals surface area contributed by atoms with Crippen LogP contribution in [0.25, 0.3) is 11.5 Å². The number of halogens is 1. The first-order chi connectivity index (χ1) is 11.3. The molecule has 3 rings (SSSR count). The van der Waals surface area contributed by atoms with Gasteiger partial charge in [0, 0.05) is 0 Å². The normalized spacial score (nSPS) is 15.3. The highest BCUT2D eigenvalue weighted by atomic mass is 35.5. The second-order valence-corrected chi connectivity index (χ2v) is 5.73. The van der Waals surface area contributed by atoms with Crippen molar-refractivity contribution in [1.82, 2.24) is 4.98 Å². The van der Waals surface area contributed by atoms with Crippen molar-refractivity contribution in [1.29, 1.82) is 5.26 Å². The van der Waals surface area contributed by atoms with Gasteiger partial charge in [-0.3, -0.25) is 0 Å². The molecule has 7 heteroatoms. The fraction of sp³-hybridized carbons (Fsp3) is 0.375. The molecule has 0 aliphatic carbocycles. The summed E-state index contributed by atoms with van der Waals surface area (Å²) in [6, 6.07) is 9.33. The SMILES string of the molecule is N#Cc1nc(-c2ccccc2Cl)oc1NCC[NH+]1CCOCC1. The molecule has 1 saturated heterocycles. The molecule has 0 amide bonds. The highest BCUT2D eigenvalue weighted by Crippen LogP contribution is 2.30. The minimum Gasteiger partial charge on any atom is -0.419 e. The maximum absolute atomic E-state index is 9.23. The van der Waals surface area contributed by atoms with Crippen molar-refractivity contribution in [2.75, 3.05) is 44.7 Å². The van der Waals surface area contributed by atoms with Gasteiger partial charge in [-0.1, -0.05) is 23.7 Å². The fourth-order valence-electron chi connectivity index (χ4n) is 2.53. The zero-order valence-corrected chi connectivity index (χ0v) is 13.4. The lowest BCUT2D eigenvalue weighted by Crippen LogP contribution is -3.14. The summed E-state index contributed by atoms with van der Waals surface area (Å²) in [6.07, 6.45) is 0. The number of nitrogens with one attached hydrogen (secondary N) is 2. The molecular weight excluding hydrogens is 316 g/mol. The van der Waals surface area contributed by atoms with Crippen LogP contribution >= 0.6 is 11.6 Å². The van der Waals surface area contributed by atoms with Crippen LogP contribution in [0.15, 0.2) is 28.7 Å². The van der Waals surface area contributed by atoms with Crippen LogP contribution in [0.3, 0.4) is 0 Å². The third kappa shape index (κ3) is 3.82. The van der Waals surface area contributed by atoms with Crippen LogP contribution in [0, 0.1) is 11.3 Å². The third-order valence-electron chi connectivity index (χ3n) is 3.80. The Morgan fingerprint density at radius 3 is 2.83 bits per heavy atom. The summed E-state index contributed by atoms with van der Waals surface area (Å²) in [5, 5.41) is 12.9. The van der Waals surface area contributed by atoms with E-state index in [2.05, 4.69) is 16.4 Å². The van der Waals surface area contributed by atoms with Crippen molar-refractivity contribution in [2.45, 2.75) is 0 Å². The number of quaternary nitrogens is 1. The van der Waals surface area contributed by atoms with E-state index in [9.17, 15) is 5.26 Å². The molecule has 2 aromatic rings. The van der Waals surface area contributed by atoms with Crippen LogP contribution in [0.4, 0.5) is 5.88 Å². The van der Waals surface area contributed by atoms with E-state index in [4.69, 9.17) is 20.8 Å². The Labute approximate surface area is 139 Å². The van der Waals surface area contributed by atoms with Gasteiger partial charge in [-0.25, -0.2) is 0 Å². The fourth-order valence-corrected chi connectivity index (χ4v) is 2.75. The molecule has 1 aromatic heterocycles. The number of hydrogen-bond acceptors (Lipinski definition) is 5. The van der Waals surface area contributed by atoms with Gasteiger partial charge in [0.2, 0.25) is 17.5 Å². The highest BCUT2D eigenvalue weighted by molar-refractivity contribution is 6.33. The Morgan fingerprint density at radius 1 is 1.30 bits per heavy atom. The zero-order valence-electron chi connectivity index (χ0n) is 12.6. The summed E-state index contributed by atoms with van der Waals surface area (Å²) in [5.41, 5.74) is 0.925. The van der Waals surface area contributed by atoms with Gasteiger partial charge in [0.15, 0.2) is 0 Å². The number of hydrogen-bond donors (Lipinski definition) is 2. The summed E-state index contributed by atoms with van der Waals surface area (Å²) in [6.45, 7) is 5.27. The molecule has 1 aromatic carbocycles. The standard InChI is InChI=1S/C16H17ClN4O2/c17-13-4-2-1-3-12(13)15-20-14(11-18)16(23-15)19-5-6-21-7-9-22-10-8-21/h1-4,19H,5-10H2/p+1. The van der Waals surface area contributed by atoms with Gasteiger partial charge >= 0.3 is 0 Å². The number of oxazole rings is 1. The minimum atomic E-state index is 0.247. The zero-order chi connectivity index (χ0) is 16.1. The maximum Gasteiger partial charge on any atom is 0.232 e. The largest absolute Gasteiger partial charge is 0.419 e. The Balaban J connectivity index is 1.67. The van der Waals surface area contributed by atoms with Crippen LogP contribution in [0.5, 0.6) is 0 Å². The molecule has 2 heterocycles. The van der Waals surface area contributed by atoms with E-state index in [-0.39, 0.29) is 5.69 Å². The Hall–Kier alpha value is -2.07. The summed E-state index contributed by atoms with van der Waals surface area (Å²) < 4.78 is 11.0. The Bertz CT molecular complexity index is 704. The maximum atomic E-state index is 9.23. The van der Waals surface area contributed by atoms with Crippen molar-refractivity contribution in [3.8, 4) is 17.5 Å². The van der Waals surface area contributed by atoms with Crippen molar-refractivity contribution in [3.05, 3.63) is 35.0 Å². The van der Waals surface area contributed by atoms with Gasteiger partial charge in [-0.15, -0.1) is 0 Å². The number of aromatic nitrogens is 1. The molecule has 0 saturated carbocycles. The quantitative estimate of drug-likeness (QED) is 0.859. The summed E-state index contributed by atoms with van der Waals surface area (Å²) in [5.74, 6) is 0.753. The molecule has 0 bridgehead atoms. The van der Waals surface area contributed by atoms with E-state index in [0.717, 1.165) is 32.8 Å². The number of ether oxygens (including phenoxy) is 1. The van der Waals surface area contributed by atoms with Crippen LogP contribution in [-0.2, 0) is 4.74 Å². The average molecular weight is 334 g/mol. The van der Waals surface area contributed by atoms with Gasteiger partial charge in [0.1, 0.15) is 19.2 Å². The van der Waals surface area contributed by atoms with Crippen LogP contribution in [0.2, 0.25) is 5.02 Å². The van der Waals surface area contributed by atoms with Crippen LogP contribution < -0.4 is 10.2 Å². The third-order valence-corrected chi connectivity index (χ3v) is 4.13. The molecule has 0 atom stereocenters. The van der Waals surface area contributed by atoms with E-state index in [1.165, 1.54) is 4.90 Å². The number of anilines is 1. The Kier molecular flexibility index (Phi) is 5.13. The number of nitrogens with zero attached hydrogens (tertiary/aromatic N) is 2. The molecule has 0 unspecified atom stereocenters. The van der Waals surface area contributed by atoms with E-state index >= 15 is 0 Å². The Morgan fingerprint density at radius 2 is 2.09 bits per heavy atom. The van der Waals surface area contributed by atoms with E-state index in [0.29, 0.717) is 28.9 Å². The van der Waals surface area contributed by atoms with Crippen molar-refractivity contribution in [3.63, 3.8) is 0 Å². The monoisotopic (exact) mass is 333 g/mol. The van der Waals surface area contributed by atoms with Crippen LogP contribution in [0.1, 0.15) is 5.69 Å². The lowest BCUT2D eigenvalue weighted by Gasteiger charge is -2.23. The lowest BCUT2D eigenvalue weighted by atomic mass is 10.2. The van der Waals surface area contributed by atoms with Gasteiger partial charge in [0.05, 0.1) is 36.9 Å².